The zero-order valence-corrected chi connectivity index (χ0v) is 19.9. The SMILES string of the molecule is CN1CC[C@@](O)(c2cccc(-c3nc(C4=CC=NC(NCCc5cn(C)cn5)N4)cs3)c2)C1=O. The van der Waals surface area contributed by atoms with Gasteiger partial charge in [0.05, 0.1) is 23.4 Å². The molecule has 5 rings (SSSR count). The van der Waals surface area contributed by atoms with Gasteiger partial charge in [-0.2, -0.15) is 0 Å². The molecule has 0 bridgehead atoms. The molecule has 0 spiro atoms. The molecule has 2 aliphatic rings. The maximum Gasteiger partial charge on any atom is 0.258 e. The summed E-state index contributed by atoms with van der Waals surface area (Å²) in [6.07, 6.45) is 8.46. The van der Waals surface area contributed by atoms with Crippen molar-refractivity contribution < 1.29 is 9.90 Å². The summed E-state index contributed by atoms with van der Waals surface area (Å²) < 4.78 is 1.94. The number of nitrogens with zero attached hydrogens (tertiary/aromatic N) is 5. The maximum absolute atomic E-state index is 12.5. The lowest BCUT2D eigenvalue weighted by molar-refractivity contribution is -0.143. The summed E-state index contributed by atoms with van der Waals surface area (Å²) in [5, 5.41) is 20.6. The summed E-state index contributed by atoms with van der Waals surface area (Å²) in [4.78, 5) is 27.7. The minimum atomic E-state index is -1.47. The zero-order valence-electron chi connectivity index (χ0n) is 19.1. The van der Waals surface area contributed by atoms with E-state index in [4.69, 9.17) is 4.98 Å². The highest BCUT2D eigenvalue weighted by molar-refractivity contribution is 7.13. The van der Waals surface area contributed by atoms with Crippen LogP contribution >= 0.6 is 11.3 Å². The first-order valence-electron chi connectivity index (χ1n) is 11.2. The minimum absolute atomic E-state index is 0.239. The highest BCUT2D eigenvalue weighted by Gasteiger charge is 2.45. The molecule has 176 valence electrons. The third-order valence-electron chi connectivity index (χ3n) is 6.12. The third kappa shape index (κ3) is 4.39. The Balaban J connectivity index is 1.26. The number of aliphatic hydroxyl groups is 1. The number of aliphatic imine (C=N–C) groups is 1. The molecule has 3 aromatic rings. The van der Waals surface area contributed by atoms with Crippen molar-refractivity contribution in [1.29, 1.82) is 0 Å². The quantitative estimate of drug-likeness (QED) is 0.478. The van der Waals surface area contributed by atoms with Gasteiger partial charge in [-0.1, -0.05) is 18.2 Å². The van der Waals surface area contributed by atoms with Crippen LogP contribution in [0.25, 0.3) is 16.3 Å². The molecule has 34 heavy (non-hydrogen) atoms. The number of carbonyl (C=O) groups is 1. The fourth-order valence-corrected chi connectivity index (χ4v) is 5.01. The van der Waals surface area contributed by atoms with Crippen LogP contribution < -0.4 is 10.6 Å². The number of carbonyl (C=O) groups excluding carboxylic acids is 1. The molecule has 0 aliphatic carbocycles. The summed E-state index contributed by atoms with van der Waals surface area (Å²) in [6.45, 7) is 1.28. The number of aromatic nitrogens is 3. The van der Waals surface area contributed by atoms with Gasteiger partial charge in [-0.15, -0.1) is 11.3 Å². The molecule has 1 saturated heterocycles. The number of imidazole rings is 1. The first-order valence-corrected chi connectivity index (χ1v) is 12.1. The van der Waals surface area contributed by atoms with Crippen LogP contribution in [0, 0.1) is 0 Å². The average molecular weight is 478 g/mol. The van der Waals surface area contributed by atoms with Gasteiger partial charge in [0.15, 0.2) is 11.9 Å². The molecule has 1 fully saturated rings. The number of allylic oxidation sites excluding steroid dienone is 1. The van der Waals surface area contributed by atoms with Crippen molar-refractivity contribution in [1.82, 2.24) is 30.1 Å². The van der Waals surface area contributed by atoms with E-state index in [1.807, 2.05) is 47.5 Å². The van der Waals surface area contributed by atoms with E-state index in [0.717, 1.165) is 40.6 Å². The molecular formula is C24H27N7O2S. The van der Waals surface area contributed by atoms with Crippen LogP contribution in [0.3, 0.4) is 0 Å². The minimum Gasteiger partial charge on any atom is -0.375 e. The summed E-state index contributed by atoms with van der Waals surface area (Å²) in [5.74, 6) is -0.262. The molecule has 2 aromatic heterocycles. The van der Waals surface area contributed by atoms with Crippen molar-refractivity contribution in [3.8, 4) is 10.6 Å². The highest BCUT2D eigenvalue weighted by atomic mass is 32.1. The van der Waals surface area contributed by atoms with E-state index in [9.17, 15) is 9.90 Å². The standard InChI is InChI=1S/C24H27N7O2S/c1-30-13-18(27-15-30)6-9-25-23-26-10-7-19(29-23)20-14-34-21(28-20)16-4-3-5-17(12-16)24(33)8-11-31(2)22(24)32/h3-5,7,10,12-15,23,25,29,33H,6,8-9,11H2,1-2H3/t23?,24-/m1/s1. The van der Waals surface area contributed by atoms with Crippen molar-refractivity contribution in [3.05, 3.63) is 65.2 Å². The maximum atomic E-state index is 12.5. The molecule has 9 nitrogen and oxygen atoms in total. The predicted octanol–water partition coefficient (Wildman–Crippen LogP) is 1.72. The van der Waals surface area contributed by atoms with Gasteiger partial charge >= 0.3 is 0 Å². The first-order chi connectivity index (χ1) is 16.4. The Morgan fingerprint density at radius 3 is 3.00 bits per heavy atom. The van der Waals surface area contributed by atoms with Gasteiger partial charge < -0.3 is 19.9 Å². The third-order valence-corrected chi connectivity index (χ3v) is 7.01. The van der Waals surface area contributed by atoms with E-state index >= 15 is 0 Å². The Bertz CT molecular complexity index is 1260. The Labute approximate surface area is 201 Å². The average Bonchev–Trinajstić information content (AvgIpc) is 3.57. The second-order valence-electron chi connectivity index (χ2n) is 8.62. The molecule has 2 aliphatic heterocycles. The van der Waals surface area contributed by atoms with Gasteiger partial charge in [-0.05, 0) is 17.7 Å². The van der Waals surface area contributed by atoms with Crippen LogP contribution in [-0.2, 0) is 23.9 Å². The second kappa shape index (κ2) is 9.13. The number of nitrogens with one attached hydrogen (secondary N) is 2. The van der Waals surface area contributed by atoms with E-state index in [1.165, 1.54) is 11.3 Å². The second-order valence-corrected chi connectivity index (χ2v) is 9.47. The first kappa shape index (κ1) is 22.5. The van der Waals surface area contributed by atoms with E-state index < -0.39 is 5.60 Å². The number of hydrogen-bond donors (Lipinski definition) is 3. The molecule has 1 aromatic carbocycles. The van der Waals surface area contributed by atoms with Crippen LogP contribution in [0.1, 0.15) is 23.4 Å². The molecule has 1 amide bonds. The van der Waals surface area contributed by atoms with Crippen LogP contribution in [0.15, 0.2) is 53.2 Å². The van der Waals surface area contributed by atoms with Crippen LogP contribution in [0.4, 0.5) is 0 Å². The van der Waals surface area contributed by atoms with E-state index in [-0.39, 0.29) is 12.2 Å². The topological polar surface area (TPSA) is 108 Å². The van der Waals surface area contributed by atoms with Crippen molar-refractivity contribution in [2.75, 3.05) is 20.1 Å². The van der Waals surface area contributed by atoms with Crippen molar-refractivity contribution in [2.24, 2.45) is 12.0 Å². The van der Waals surface area contributed by atoms with Gasteiger partial charge in [0.25, 0.3) is 5.91 Å². The fraction of sp³-hybridized carbons (Fsp3) is 0.333. The molecule has 2 atom stereocenters. The lowest BCUT2D eigenvalue weighted by Crippen LogP contribution is -2.42. The number of benzene rings is 1. The molecule has 1 unspecified atom stereocenters. The van der Waals surface area contributed by atoms with Crippen molar-refractivity contribution in [2.45, 2.75) is 24.7 Å². The van der Waals surface area contributed by atoms with Gasteiger partial charge in [0, 0.05) is 63.4 Å². The zero-order chi connectivity index (χ0) is 23.7. The summed E-state index contributed by atoms with van der Waals surface area (Å²) >= 11 is 1.52. The van der Waals surface area contributed by atoms with Crippen molar-refractivity contribution in [3.63, 3.8) is 0 Å². The summed E-state index contributed by atoms with van der Waals surface area (Å²) in [7, 11) is 3.67. The number of hydrogen-bond acceptors (Lipinski definition) is 8. The smallest absolute Gasteiger partial charge is 0.258 e. The number of likely N-dealkylation sites (tertiary alicyclic amines) is 1. The van der Waals surface area contributed by atoms with Crippen LogP contribution in [0.5, 0.6) is 0 Å². The predicted molar refractivity (Wildman–Crippen MR) is 132 cm³/mol. The van der Waals surface area contributed by atoms with Crippen LogP contribution in [0.2, 0.25) is 0 Å². The largest absolute Gasteiger partial charge is 0.375 e. The number of amides is 1. The number of likely N-dealkylation sites (N-methyl/N-ethyl adjacent to an activating group) is 1. The van der Waals surface area contributed by atoms with Gasteiger partial charge in [-0.25, -0.2) is 9.97 Å². The van der Waals surface area contributed by atoms with E-state index in [0.29, 0.717) is 18.5 Å². The molecule has 3 N–H and O–H groups in total. The monoisotopic (exact) mass is 477 g/mol. The molecule has 4 heterocycles. The normalized spacial score (nSPS) is 22.2. The lowest BCUT2D eigenvalue weighted by atomic mass is 9.91. The Morgan fingerprint density at radius 2 is 2.24 bits per heavy atom. The fourth-order valence-electron chi connectivity index (χ4n) is 4.19. The molecule has 10 heteroatoms. The number of rotatable bonds is 7. The molecule has 0 saturated carbocycles. The number of thiazole rings is 1. The van der Waals surface area contributed by atoms with Crippen molar-refractivity contribution >= 4 is 29.2 Å². The highest BCUT2D eigenvalue weighted by Crippen LogP contribution is 2.35. The van der Waals surface area contributed by atoms with Gasteiger partial charge in [0.2, 0.25) is 0 Å². The van der Waals surface area contributed by atoms with Gasteiger partial charge in [-0.3, -0.25) is 15.1 Å². The summed E-state index contributed by atoms with van der Waals surface area (Å²) in [5.41, 5.74) is 2.75. The number of aryl methyl sites for hydroxylation is 1. The molecular weight excluding hydrogens is 450 g/mol. The van der Waals surface area contributed by atoms with E-state index in [1.54, 1.807) is 30.6 Å². The lowest BCUT2D eigenvalue weighted by Gasteiger charge is -2.21. The Hall–Kier alpha value is -3.34. The van der Waals surface area contributed by atoms with Crippen LogP contribution in [-0.4, -0.2) is 63.1 Å². The molecule has 0 radical (unpaired) electrons. The Kier molecular flexibility index (Phi) is 6.03. The van der Waals surface area contributed by atoms with E-state index in [2.05, 4.69) is 20.6 Å². The summed E-state index contributed by atoms with van der Waals surface area (Å²) in [6, 6.07) is 7.48. The Morgan fingerprint density at radius 1 is 1.35 bits per heavy atom. The van der Waals surface area contributed by atoms with Gasteiger partial charge in [0.1, 0.15) is 5.01 Å².